The Bertz CT molecular complexity index is 1120. The van der Waals surface area contributed by atoms with E-state index in [2.05, 4.69) is 41.5 Å². The number of amides is 1. The Labute approximate surface area is 173 Å². The summed E-state index contributed by atoms with van der Waals surface area (Å²) in [5.41, 5.74) is 1.25. The first-order valence-corrected chi connectivity index (χ1v) is 9.39. The molecule has 1 N–H and O–H groups in total. The third-order valence-corrected chi connectivity index (χ3v) is 4.40. The van der Waals surface area contributed by atoms with E-state index < -0.39 is 0 Å². The second kappa shape index (κ2) is 7.95. The number of rotatable bonds is 6. The van der Waals surface area contributed by atoms with Crippen molar-refractivity contribution in [1.29, 1.82) is 0 Å². The molecule has 4 aromatic rings. The monoisotopic (exact) mass is 460 g/mol. The molecular weight excluding hydrogens is 448 g/mol. The SMILES string of the molecule is O=C(Nc1ncn(Cc2cccc(Cl)c2)n1)c1ccn(Cn2cc(Br)cn2)n1. The molecule has 3 heterocycles. The van der Waals surface area contributed by atoms with E-state index in [1.807, 2.05) is 30.5 Å². The van der Waals surface area contributed by atoms with Gasteiger partial charge < -0.3 is 0 Å². The molecule has 0 aliphatic rings. The lowest BCUT2D eigenvalue weighted by Crippen LogP contribution is -2.16. The van der Waals surface area contributed by atoms with Gasteiger partial charge in [0.25, 0.3) is 5.91 Å². The highest BCUT2D eigenvalue weighted by molar-refractivity contribution is 9.10. The Balaban J connectivity index is 1.38. The quantitative estimate of drug-likeness (QED) is 0.476. The lowest BCUT2D eigenvalue weighted by molar-refractivity contribution is 0.102. The largest absolute Gasteiger partial charge is 0.288 e. The van der Waals surface area contributed by atoms with Crippen LogP contribution in [0.1, 0.15) is 16.1 Å². The molecule has 0 unspecified atom stereocenters. The molecule has 1 amide bonds. The number of halogens is 2. The van der Waals surface area contributed by atoms with Crippen molar-refractivity contribution < 1.29 is 4.79 Å². The molecule has 1 aromatic carbocycles. The first-order valence-electron chi connectivity index (χ1n) is 8.22. The molecule has 142 valence electrons. The molecular formula is C17H14BrClN8O. The standard InChI is InChI=1S/C17H14BrClN8O/c18-13-7-21-27(9-13)11-25-5-4-15(23-25)16(28)22-17-20-10-26(24-17)8-12-2-1-3-14(19)6-12/h1-7,9-10H,8,11H2,(H,22,24,28). The van der Waals surface area contributed by atoms with Crippen LogP contribution in [-0.4, -0.2) is 40.2 Å². The van der Waals surface area contributed by atoms with Gasteiger partial charge in [-0.05, 0) is 39.7 Å². The highest BCUT2D eigenvalue weighted by Gasteiger charge is 2.13. The van der Waals surface area contributed by atoms with Crippen molar-refractivity contribution in [3.8, 4) is 0 Å². The van der Waals surface area contributed by atoms with E-state index in [1.54, 1.807) is 38.8 Å². The molecule has 0 saturated carbocycles. The minimum Gasteiger partial charge on any atom is -0.288 e. The number of carbonyl (C=O) groups excluding carboxylic acids is 1. The number of hydrogen-bond donors (Lipinski definition) is 1. The number of nitrogens with one attached hydrogen (secondary N) is 1. The number of carbonyl (C=O) groups is 1. The third-order valence-electron chi connectivity index (χ3n) is 3.76. The molecule has 4 rings (SSSR count). The maximum atomic E-state index is 12.4. The number of nitrogens with zero attached hydrogens (tertiary/aromatic N) is 7. The van der Waals surface area contributed by atoms with Gasteiger partial charge >= 0.3 is 0 Å². The Morgan fingerprint density at radius 3 is 2.86 bits per heavy atom. The average molecular weight is 462 g/mol. The molecule has 3 aromatic heterocycles. The molecule has 0 radical (unpaired) electrons. The van der Waals surface area contributed by atoms with E-state index >= 15 is 0 Å². The Morgan fingerprint density at radius 2 is 2.07 bits per heavy atom. The Hall–Kier alpha value is -2.98. The molecule has 0 atom stereocenters. The van der Waals surface area contributed by atoms with Crippen LogP contribution in [0.2, 0.25) is 5.02 Å². The van der Waals surface area contributed by atoms with E-state index in [4.69, 9.17) is 11.6 Å². The van der Waals surface area contributed by atoms with Crippen LogP contribution in [0.3, 0.4) is 0 Å². The van der Waals surface area contributed by atoms with E-state index in [0.717, 1.165) is 10.0 Å². The smallest absolute Gasteiger partial charge is 0.278 e. The average Bonchev–Trinajstić information content (AvgIpc) is 3.38. The van der Waals surface area contributed by atoms with Gasteiger partial charge in [0.05, 0.1) is 17.2 Å². The molecule has 28 heavy (non-hydrogen) atoms. The molecule has 0 spiro atoms. The van der Waals surface area contributed by atoms with Crippen LogP contribution < -0.4 is 5.32 Å². The Kier molecular flexibility index (Phi) is 5.22. The molecule has 0 fully saturated rings. The fourth-order valence-corrected chi connectivity index (χ4v) is 3.08. The molecule has 0 bridgehead atoms. The van der Waals surface area contributed by atoms with Crippen molar-refractivity contribution in [3.05, 3.63) is 76.0 Å². The van der Waals surface area contributed by atoms with Gasteiger partial charge in [-0.25, -0.2) is 14.3 Å². The summed E-state index contributed by atoms with van der Waals surface area (Å²) in [6.07, 6.45) is 6.75. The van der Waals surface area contributed by atoms with Crippen LogP contribution >= 0.6 is 27.5 Å². The van der Waals surface area contributed by atoms with Crippen LogP contribution in [0.25, 0.3) is 0 Å². The van der Waals surface area contributed by atoms with Gasteiger partial charge in [-0.15, -0.1) is 5.10 Å². The number of hydrogen-bond acceptors (Lipinski definition) is 5. The third kappa shape index (κ3) is 4.46. The van der Waals surface area contributed by atoms with E-state index in [9.17, 15) is 4.79 Å². The van der Waals surface area contributed by atoms with Crippen LogP contribution in [-0.2, 0) is 13.2 Å². The predicted molar refractivity (Wildman–Crippen MR) is 106 cm³/mol. The normalized spacial score (nSPS) is 10.9. The summed E-state index contributed by atoms with van der Waals surface area (Å²) >= 11 is 9.33. The second-order valence-corrected chi connectivity index (χ2v) is 7.28. The van der Waals surface area contributed by atoms with Crippen molar-refractivity contribution in [1.82, 2.24) is 34.3 Å². The van der Waals surface area contributed by atoms with Crippen LogP contribution in [0.5, 0.6) is 0 Å². The van der Waals surface area contributed by atoms with Gasteiger partial charge in [-0.3, -0.25) is 14.8 Å². The van der Waals surface area contributed by atoms with Gasteiger partial charge in [-0.1, -0.05) is 23.7 Å². The van der Waals surface area contributed by atoms with Crippen molar-refractivity contribution in [2.75, 3.05) is 5.32 Å². The van der Waals surface area contributed by atoms with Crippen LogP contribution in [0.15, 0.2) is 59.7 Å². The lowest BCUT2D eigenvalue weighted by Gasteiger charge is -2.02. The van der Waals surface area contributed by atoms with Crippen LogP contribution in [0.4, 0.5) is 5.95 Å². The molecule has 0 aliphatic carbocycles. The lowest BCUT2D eigenvalue weighted by atomic mass is 10.2. The zero-order valence-electron chi connectivity index (χ0n) is 14.4. The summed E-state index contributed by atoms with van der Waals surface area (Å²) in [7, 11) is 0. The fraction of sp³-hybridized carbons (Fsp3) is 0.118. The molecule has 9 nitrogen and oxygen atoms in total. The van der Waals surface area contributed by atoms with Gasteiger partial charge in [0.2, 0.25) is 5.95 Å². The molecule has 11 heteroatoms. The number of anilines is 1. The minimum atomic E-state index is -0.388. The first-order chi connectivity index (χ1) is 13.5. The highest BCUT2D eigenvalue weighted by atomic mass is 79.9. The topological polar surface area (TPSA) is 95.5 Å². The second-order valence-electron chi connectivity index (χ2n) is 5.93. The van der Waals surface area contributed by atoms with Gasteiger partial charge in [0, 0.05) is 17.4 Å². The zero-order chi connectivity index (χ0) is 19.5. The summed E-state index contributed by atoms with van der Waals surface area (Å²) in [6.45, 7) is 0.892. The fourth-order valence-electron chi connectivity index (χ4n) is 2.54. The van der Waals surface area contributed by atoms with Gasteiger partial charge in [0.1, 0.15) is 13.0 Å². The summed E-state index contributed by atoms with van der Waals surface area (Å²) < 4.78 is 5.80. The van der Waals surface area contributed by atoms with Gasteiger partial charge in [0.15, 0.2) is 5.69 Å². The van der Waals surface area contributed by atoms with E-state index in [1.165, 1.54) is 0 Å². The Morgan fingerprint density at radius 1 is 1.18 bits per heavy atom. The van der Waals surface area contributed by atoms with E-state index in [0.29, 0.717) is 18.2 Å². The minimum absolute atomic E-state index is 0.206. The highest BCUT2D eigenvalue weighted by Crippen LogP contribution is 2.12. The number of benzene rings is 1. The van der Waals surface area contributed by atoms with Crippen molar-refractivity contribution >= 4 is 39.4 Å². The van der Waals surface area contributed by atoms with Crippen LogP contribution in [0, 0.1) is 0 Å². The van der Waals surface area contributed by atoms with Crippen molar-refractivity contribution in [2.45, 2.75) is 13.2 Å². The van der Waals surface area contributed by atoms with Gasteiger partial charge in [-0.2, -0.15) is 10.2 Å². The van der Waals surface area contributed by atoms with Crippen molar-refractivity contribution in [3.63, 3.8) is 0 Å². The molecule has 0 saturated heterocycles. The maximum absolute atomic E-state index is 12.4. The summed E-state index contributed by atoms with van der Waals surface area (Å²) in [5.74, 6) is -0.182. The van der Waals surface area contributed by atoms with E-state index in [-0.39, 0.29) is 17.5 Å². The number of aromatic nitrogens is 7. The summed E-state index contributed by atoms with van der Waals surface area (Å²) in [6, 6.07) is 9.09. The first kappa shape index (κ1) is 18.4. The summed E-state index contributed by atoms with van der Waals surface area (Å²) in [4.78, 5) is 16.5. The zero-order valence-corrected chi connectivity index (χ0v) is 16.7. The molecule has 0 aliphatic heterocycles. The predicted octanol–water partition coefficient (Wildman–Crippen LogP) is 2.89. The maximum Gasteiger partial charge on any atom is 0.278 e. The summed E-state index contributed by atoms with van der Waals surface area (Å²) in [5, 5.41) is 16.0. The van der Waals surface area contributed by atoms with Crippen molar-refractivity contribution in [2.24, 2.45) is 0 Å².